The van der Waals surface area contributed by atoms with Crippen molar-refractivity contribution in [3.05, 3.63) is 125 Å². The fraction of sp³-hybridized carbons (Fsp3) is 0.235. The first kappa shape index (κ1) is 26.2. The fourth-order valence-electron chi connectivity index (χ4n) is 6.02. The van der Waals surface area contributed by atoms with Crippen molar-refractivity contribution >= 4 is 16.6 Å². The molecule has 6 heteroatoms. The number of anilines is 1. The first-order valence-electron chi connectivity index (χ1n) is 13.6. The molecular formula is C34H33F2N3O. The second-order valence-corrected chi connectivity index (χ2v) is 11.3. The highest BCUT2D eigenvalue weighted by Crippen LogP contribution is 2.47. The predicted octanol–water partition coefficient (Wildman–Crippen LogP) is 7.73. The summed E-state index contributed by atoms with van der Waals surface area (Å²) < 4.78 is 32.8. The number of hydrogen-bond donors (Lipinski definition) is 3. The van der Waals surface area contributed by atoms with Crippen molar-refractivity contribution in [1.82, 2.24) is 9.88 Å². The van der Waals surface area contributed by atoms with Gasteiger partial charge in [-0.05, 0) is 43.5 Å². The minimum absolute atomic E-state index is 0.0933. The van der Waals surface area contributed by atoms with E-state index >= 15 is 8.78 Å². The minimum Gasteiger partial charge on any atom is -0.389 e. The van der Waals surface area contributed by atoms with Crippen molar-refractivity contribution in [3.63, 3.8) is 0 Å². The molecule has 0 spiro atoms. The monoisotopic (exact) mass is 537 g/mol. The van der Waals surface area contributed by atoms with Gasteiger partial charge >= 0.3 is 0 Å². The third kappa shape index (κ3) is 4.57. The van der Waals surface area contributed by atoms with E-state index in [9.17, 15) is 5.11 Å². The Kier molecular flexibility index (Phi) is 6.69. The van der Waals surface area contributed by atoms with Gasteiger partial charge in [0.15, 0.2) is 0 Å². The highest BCUT2D eigenvalue weighted by Gasteiger charge is 2.46. The first-order valence-corrected chi connectivity index (χ1v) is 13.6. The maximum atomic E-state index is 16.9. The standard InChI is InChI=1S/C34H33F2N3O/c1-21-18-37-31-24(21)15-10-16-25(31)28-26(35)17-27-29(30(28)36)32(33(40)34(2,3)38-27)39(19-22-11-6-4-7-12-22)20-23-13-8-5-9-14-23/h4-18,32-33,37-38,40H,19-20H2,1-3H3/t32-,33+/m1/s1. The molecule has 0 radical (unpaired) electrons. The van der Waals surface area contributed by atoms with E-state index in [2.05, 4.69) is 15.2 Å². The SMILES string of the molecule is Cc1c[nH]c2c(-c3c(F)cc4c(c3F)[C@@H](N(Cc3ccccc3)Cc3ccccc3)[C@H](O)C(C)(C)N4)cccc12. The van der Waals surface area contributed by atoms with E-state index in [-0.39, 0.29) is 11.1 Å². The highest BCUT2D eigenvalue weighted by atomic mass is 19.1. The quantitative estimate of drug-likeness (QED) is 0.208. The number of aliphatic hydroxyl groups is 1. The van der Waals surface area contributed by atoms with Crippen LogP contribution in [0.3, 0.4) is 0 Å². The van der Waals surface area contributed by atoms with E-state index in [4.69, 9.17) is 0 Å². The van der Waals surface area contributed by atoms with Crippen LogP contribution in [0.25, 0.3) is 22.0 Å². The average Bonchev–Trinajstić information content (AvgIpc) is 3.32. The molecule has 0 amide bonds. The third-order valence-electron chi connectivity index (χ3n) is 8.09. The zero-order valence-electron chi connectivity index (χ0n) is 22.9. The highest BCUT2D eigenvalue weighted by molar-refractivity contribution is 5.96. The zero-order valence-corrected chi connectivity index (χ0v) is 22.9. The second kappa shape index (κ2) is 10.2. The number of nitrogens with one attached hydrogen (secondary N) is 2. The molecule has 4 nitrogen and oxygen atoms in total. The summed E-state index contributed by atoms with van der Waals surface area (Å²) in [5.41, 5.74) is 3.93. The van der Waals surface area contributed by atoms with Gasteiger partial charge in [-0.25, -0.2) is 8.78 Å². The largest absolute Gasteiger partial charge is 0.389 e. The number of benzene rings is 4. The molecule has 0 saturated heterocycles. The Morgan fingerprint density at radius 1 is 0.875 bits per heavy atom. The van der Waals surface area contributed by atoms with Gasteiger partial charge in [0.2, 0.25) is 0 Å². The van der Waals surface area contributed by atoms with Crippen LogP contribution in [0.15, 0.2) is 91.1 Å². The molecule has 40 heavy (non-hydrogen) atoms. The number of H-pyrrole nitrogens is 1. The summed E-state index contributed by atoms with van der Waals surface area (Å²) in [6, 6.07) is 26.1. The smallest absolute Gasteiger partial charge is 0.141 e. The van der Waals surface area contributed by atoms with Gasteiger partial charge in [0.1, 0.15) is 11.6 Å². The van der Waals surface area contributed by atoms with Crippen molar-refractivity contribution in [2.75, 3.05) is 5.32 Å². The van der Waals surface area contributed by atoms with Gasteiger partial charge in [-0.2, -0.15) is 0 Å². The van der Waals surface area contributed by atoms with Gasteiger partial charge in [-0.3, -0.25) is 4.90 Å². The van der Waals surface area contributed by atoms with Crippen LogP contribution in [0.4, 0.5) is 14.5 Å². The van der Waals surface area contributed by atoms with Crippen LogP contribution >= 0.6 is 0 Å². The van der Waals surface area contributed by atoms with Crippen LogP contribution < -0.4 is 5.32 Å². The van der Waals surface area contributed by atoms with E-state index in [0.717, 1.165) is 22.1 Å². The summed E-state index contributed by atoms with van der Waals surface area (Å²) in [6.45, 7) is 6.65. The topological polar surface area (TPSA) is 51.3 Å². The summed E-state index contributed by atoms with van der Waals surface area (Å²) in [7, 11) is 0. The minimum atomic E-state index is -0.983. The number of aryl methyl sites for hydroxylation is 1. The second-order valence-electron chi connectivity index (χ2n) is 11.3. The molecule has 1 aromatic heterocycles. The van der Waals surface area contributed by atoms with E-state index in [0.29, 0.717) is 29.9 Å². The Labute approximate surface area is 233 Å². The molecule has 3 N–H and O–H groups in total. The zero-order chi connectivity index (χ0) is 28.0. The van der Waals surface area contributed by atoms with E-state index < -0.39 is 29.3 Å². The number of rotatable bonds is 6. The van der Waals surface area contributed by atoms with Crippen LogP contribution in [-0.4, -0.2) is 26.6 Å². The number of fused-ring (bicyclic) bond motifs is 2. The molecule has 0 unspecified atom stereocenters. The van der Waals surface area contributed by atoms with Gasteiger partial charge in [0, 0.05) is 41.5 Å². The molecule has 0 fully saturated rings. The molecule has 1 aliphatic heterocycles. The number of aromatic nitrogens is 1. The number of para-hydroxylation sites is 1. The Balaban J connectivity index is 1.56. The van der Waals surface area contributed by atoms with Crippen LogP contribution in [-0.2, 0) is 13.1 Å². The fourth-order valence-corrected chi connectivity index (χ4v) is 6.02. The first-order chi connectivity index (χ1) is 19.2. The third-order valence-corrected chi connectivity index (χ3v) is 8.09. The Hall–Kier alpha value is -4.00. The maximum absolute atomic E-state index is 16.9. The van der Waals surface area contributed by atoms with Gasteiger partial charge in [0.05, 0.1) is 28.8 Å². The van der Waals surface area contributed by atoms with E-state index in [1.54, 1.807) is 6.07 Å². The van der Waals surface area contributed by atoms with Gasteiger partial charge in [0.25, 0.3) is 0 Å². The molecule has 6 rings (SSSR count). The molecule has 0 saturated carbocycles. The number of nitrogens with zero attached hydrogens (tertiary/aromatic N) is 1. The molecule has 2 atom stereocenters. The van der Waals surface area contributed by atoms with Crippen LogP contribution in [0.2, 0.25) is 0 Å². The van der Waals surface area contributed by atoms with Gasteiger partial charge in [-0.15, -0.1) is 0 Å². The Morgan fingerprint density at radius 3 is 2.12 bits per heavy atom. The average molecular weight is 538 g/mol. The number of aromatic amines is 1. The summed E-state index contributed by atoms with van der Waals surface area (Å²) >= 11 is 0. The van der Waals surface area contributed by atoms with Gasteiger partial charge < -0.3 is 15.4 Å². The molecule has 5 aromatic rings. The lowest BCUT2D eigenvalue weighted by Gasteiger charge is -2.48. The van der Waals surface area contributed by atoms with Crippen molar-refractivity contribution in [2.24, 2.45) is 0 Å². The van der Waals surface area contributed by atoms with Crippen LogP contribution in [0.5, 0.6) is 0 Å². The maximum Gasteiger partial charge on any atom is 0.141 e. The normalized spacial score (nSPS) is 18.1. The number of aliphatic hydroxyl groups excluding tert-OH is 1. The van der Waals surface area contributed by atoms with Crippen molar-refractivity contribution in [3.8, 4) is 11.1 Å². The molecule has 4 aromatic carbocycles. The number of halogens is 2. The van der Waals surface area contributed by atoms with Crippen LogP contribution in [0.1, 0.15) is 42.1 Å². The molecule has 204 valence electrons. The molecule has 1 aliphatic rings. The summed E-state index contributed by atoms with van der Waals surface area (Å²) in [6.07, 6.45) is 0.865. The van der Waals surface area contributed by atoms with E-state index in [1.807, 2.05) is 99.8 Å². The lowest BCUT2D eigenvalue weighted by atomic mass is 9.79. The van der Waals surface area contributed by atoms with E-state index in [1.165, 1.54) is 6.07 Å². The Bertz CT molecular complexity index is 1620. The predicted molar refractivity (Wildman–Crippen MR) is 157 cm³/mol. The Morgan fingerprint density at radius 2 is 1.50 bits per heavy atom. The van der Waals surface area contributed by atoms with Crippen molar-refractivity contribution in [2.45, 2.75) is 51.5 Å². The van der Waals surface area contributed by atoms with Crippen molar-refractivity contribution < 1.29 is 13.9 Å². The molecule has 2 heterocycles. The summed E-state index contributed by atoms with van der Waals surface area (Å²) in [5.74, 6) is -1.31. The summed E-state index contributed by atoms with van der Waals surface area (Å²) in [4.78, 5) is 5.30. The van der Waals surface area contributed by atoms with Gasteiger partial charge in [-0.1, -0.05) is 78.9 Å². The summed E-state index contributed by atoms with van der Waals surface area (Å²) in [5, 5.41) is 16.0. The van der Waals surface area contributed by atoms with Crippen molar-refractivity contribution in [1.29, 1.82) is 0 Å². The van der Waals surface area contributed by atoms with Crippen LogP contribution in [0, 0.1) is 18.6 Å². The molecule has 0 aliphatic carbocycles. The number of hydrogen-bond acceptors (Lipinski definition) is 3. The molecule has 0 bridgehead atoms. The molecular weight excluding hydrogens is 504 g/mol. The lowest BCUT2D eigenvalue weighted by Crippen LogP contribution is -2.55. The lowest BCUT2D eigenvalue weighted by molar-refractivity contribution is -0.00193.